The van der Waals surface area contributed by atoms with Gasteiger partial charge in [0.1, 0.15) is 5.75 Å². The van der Waals surface area contributed by atoms with Gasteiger partial charge in [-0.3, -0.25) is 4.79 Å². The monoisotopic (exact) mass is 490 g/mol. The van der Waals surface area contributed by atoms with Crippen LogP contribution in [-0.4, -0.2) is 33.5 Å². The second-order valence-electron chi connectivity index (χ2n) is 10.2. The van der Waals surface area contributed by atoms with Gasteiger partial charge in [0.2, 0.25) is 0 Å². The zero-order chi connectivity index (χ0) is 25.9. The number of phenols is 1. The van der Waals surface area contributed by atoms with E-state index < -0.39 is 23.3 Å². The van der Waals surface area contributed by atoms with Crippen molar-refractivity contribution in [2.45, 2.75) is 134 Å². The number of nitrogens with two attached hydrogens (primary N) is 2. The molecule has 2 unspecified atom stereocenters. The van der Waals surface area contributed by atoms with Gasteiger partial charge in [0.05, 0.1) is 6.04 Å². The minimum Gasteiger partial charge on any atom is -0.508 e. The van der Waals surface area contributed by atoms with Crippen LogP contribution in [0.3, 0.4) is 0 Å². The van der Waals surface area contributed by atoms with Crippen LogP contribution in [0.5, 0.6) is 5.75 Å². The zero-order valence-corrected chi connectivity index (χ0v) is 22.0. The summed E-state index contributed by atoms with van der Waals surface area (Å²) in [5.41, 5.74) is 10.9. The van der Waals surface area contributed by atoms with Gasteiger partial charge in [0.15, 0.2) is 11.3 Å². The van der Waals surface area contributed by atoms with Gasteiger partial charge in [-0.2, -0.15) is 0 Å². The molecule has 0 saturated carbocycles. The van der Waals surface area contributed by atoms with Gasteiger partial charge in [-0.05, 0) is 30.5 Å². The summed E-state index contributed by atoms with van der Waals surface area (Å²) >= 11 is 0. The van der Waals surface area contributed by atoms with Crippen molar-refractivity contribution in [2.75, 3.05) is 0 Å². The summed E-state index contributed by atoms with van der Waals surface area (Å²) in [5, 5.41) is 19.0. The molecule has 1 aromatic carbocycles. The first kappa shape index (κ1) is 31.1. The van der Waals surface area contributed by atoms with Gasteiger partial charge < -0.3 is 21.7 Å². The molecule has 0 bridgehead atoms. The van der Waals surface area contributed by atoms with Gasteiger partial charge in [0, 0.05) is 0 Å². The fourth-order valence-corrected chi connectivity index (χ4v) is 4.60. The quantitative estimate of drug-likeness (QED) is 0.112. The first-order valence-corrected chi connectivity index (χ1v) is 13.9. The number of rotatable bonds is 22. The van der Waals surface area contributed by atoms with E-state index in [-0.39, 0.29) is 18.6 Å². The predicted octanol–water partition coefficient (Wildman–Crippen LogP) is 6.26. The van der Waals surface area contributed by atoms with Crippen molar-refractivity contribution < 1.29 is 19.8 Å². The number of hydrogen-bond donors (Lipinski definition) is 4. The standard InChI is InChI=1S/C29H50N2O4/c1-2-3-4-5-6-7-8-9-10-11-12-13-14-15-16-17-22-29(31,28(34)35)27(33)26(30)23-24-18-20-25(32)21-19-24/h18-21,26,32H,2-17,22-23,30-31H2,1H3,(H,34,35). The molecule has 6 N–H and O–H groups in total. The van der Waals surface area contributed by atoms with Crippen molar-refractivity contribution >= 4 is 11.8 Å². The number of Topliss-reactive ketones (excluding diaryl/α,β-unsaturated/α-hetero) is 1. The SMILES string of the molecule is CCCCCCCCCCCCCCCCCCC(N)(C(=O)O)C(=O)C(N)Cc1ccc(O)cc1. The molecule has 0 saturated heterocycles. The molecule has 0 aliphatic heterocycles. The van der Waals surface area contributed by atoms with E-state index in [2.05, 4.69) is 6.92 Å². The van der Waals surface area contributed by atoms with E-state index in [1.165, 1.54) is 89.2 Å². The van der Waals surface area contributed by atoms with Crippen molar-refractivity contribution in [3.63, 3.8) is 0 Å². The molecule has 0 spiro atoms. The largest absolute Gasteiger partial charge is 0.508 e. The molecule has 0 heterocycles. The summed E-state index contributed by atoms with van der Waals surface area (Å²) in [6, 6.07) is 5.35. The lowest BCUT2D eigenvalue weighted by Gasteiger charge is -2.26. The van der Waals surface area contributed by atoms with Gasteiger partial charge in [-0.25, -0.2) is 4.79 Å². The smallest absolute Gasteiger partial charge is 0.331 e. The molecule has 0 fully saturated rings. The number of carbonyl (C=O) groups is 2. The molecule has 1 aromatic rings. The van der Waals surface area contributed by atoms with Crippen molar-refractivity contribution in [1.29, 1.82) is 0 Å². The Morgan fingerprint density at radius 1 is 0.771 bits per heavy atom. The molecular formula is C29H50N2O4. The van der Waals surface area contributed by atoms with E-state index in [0.29, 0.717) is 6.42 Å². The Kier molecular flexibility index (Phi) is 16.3. The van der Waals surface area contributed by atoms with Crippen LogP contribution < -0.4 is 11.5 Å². The zero-order valence-electron chi connectivity index (χ0n) is 22.0. The molecule has 6 nitrogen and oxygen atoms in total. The Labute approximate surface area is 212 Å². The highest BCUT2D eigenvalue weighted by atomic mass is 16.4. The van der Waals surface area contributed by atoms with Crippen LogP contribution >= 0.6 is 0 Å². The van der Waals surface area contributed by atoms with E-state index in [1.807, 2.05) is 0 Å². The summed E-state index contributed by atoms with van der Waals surface area (Å²) in [7, 11) is 0. The number of unbranched alkanes of at least 4 members (excludes halogenated alkanes) is 15. The Morgan fingerprint density at radius 2 is 1.17 bits per heavy atom. The summed E-state index contributed by atoms with van der Waals surface area (Å²) in [6.07, 6.45) is 20.0. The fraction of sp³-hybridized carbons (Fsp3) is 0.724. The minimum absolute atomic E-state index is 0.100. The van der Waals surface area contributed by atoms with Crippen LogP contribution in [0, 0.1) is 0 Å². The van der Waals surface area contributed by atoms with E-state index in [0.717, 1.165) is 24.8 Å². The van der Waals surface area contributed by atoms with Gasteiger partial charge in [-0.1, -0.05) is 122 Å². The number of carboxylic acids is 1. The number of ketones is 1. The van der Waals surface area contributed by atoms with Crippen LogP contribution in [-0.2, 0) is 16.0 Å². The summed E-state index contributed by atoms with van der Waals surface area (Å²) in [6.45, 7) is 2.26. The van der Waals surface area contributed by atoms with Crippen molar-refractivity contribution in [2.24, 2.45) is 11.5 Å². The minimum atomic E-state index is -1.95. The molecule has 200 valence electrons. The average Bonchev–Trinajstić information content (AvgIpc) is 2.84. The van der Waals surface area contributed by atoms with Crippen molar-refractivity contribution in [3.8, 4) is 5.75 Å². The number of aliphatic carboxylic acids is 1. The van der Waals surface area contributed by atoms with E-state index in [4.69, 9.17) is 11.5 Å². The number of benzene rings is 1. The van der Waals surface area contributed by atoms with Gasteiger partial charge in [-0.15, -0.1) is 0 Å². The highest BCUT2D eigenvalue weighted by Gasteiger charge is 2.43. The molecule has 6 heteroatoms. The normalized spacial score (nSPS) is 13.9. The Hall–Kier alpha value is -1.92. The maximum Gasteiger partial charge on any atom is 0.331 e. The Balaban J connectivity index is 2.15. The van der Waals surface area contributed by atoms with Crippen LogP contribution in [0.1, 0.15) is 122 Å². The summed E-state index contributed by atoms with van der Waals surface area (Å²) < 4.78 is 0. The third kappa shape index (κ3) is 13.1. The second-order valence-corrected chi connectivity index (χ2v) is 10.2. The molecule has 0 amide bonds. The lowest BCUT2D eigenvalue weighted by atomic mass is 9.83. The summed E-state index contributed by atoms with van der Waals surface area (Å²) in [4.78, 5) is 24.6. The third-order valence-electron chi connectivity index (χ3n) is 6.97. The molecule has 35 heavy (non-hydrogen) atoms. The Morgan fingerprint density at radius 3 is 1.57 bits per heavy atom. The van der Waals surface area contributed by atoms with Crippen LogP contribution in [0.2, 0.25) is 0 Å². The van der Waals surface area contributed by atoms with Gasteiger partial charge >= 0.3 is 5.97 Å². The lowest BCUT2D eigenvalue weighted by Crippen LogP contribution is -2.60. The topological polar surface area (TPSA) is 127 Å². The van der Waals surface area contributed by atoms with Crippen molar-refractivity contribution in [3.05, 3.63) is 29.8 Å². The maximum atomic E-state index is 12.8. The average molecular weight is 491 g/mol. The molecular weight excluding hydrogens is 440 g/mol. The number of phenolic OH excluding ortho intramolecular Hbond substituents is 1. The van der Waals surface area contributed by atoms with Gasteiger partial charge in [0.25, 0.3) is 0 Å². The highest BCUT2D eigenvalue weighted by molar-refractivity contribution is 6.09. The van der Waals surface area contributed by atoms with E-state index in [9.17, 15) is 19.8 Å². The third-order valence-corrected chi connectivity index (χ3v) is 6.97. The second kappa shape index (κ2) is 18.4. The fourth-order valence-electron chi connectivity index (χ4n) is 4.60. The molecule has 0 aliphatic carbocycles. The number of carboxylic acid groups (broad SMARTS) is 1. The van der Waals surface area contributed by atoms with Crippen LogP contribution in [0.15, 0.2) is 24.3 Å². The number of aromatic hydroxyl groups is 1. The molecule has 0 radical (unpaired) electrons. The maximum absolute atomic E-state index is 12.8. The first-order valence-electron chi connectivity index (χ1n) is 13.9. The van der Waals surface area contributed by atoms with Crippen LogP contribution in [0.4, 0.5) is 0 Å². The Bertz CT molecular complexity index is 707. The summed E-state index contributed by atoms with van der Waals surface area (Å²) in [5.74, 6) is -1.83. The number of hydrogen-bond acceptors (Lipinski definition) is 5. The molecule has 0 aromatic heterocycles. The lowest BCUT2D eigenvalue weighted by molar-refractivity contribution is -0.149. The predicted molar refractivity (Wildman–Crippen MR) is 144 cm³/mol. The molecule has 1 rings (SSSR count). The van der Waals surface area contributed by atoms with Crippen LogP contribution in [0.25, 0.3) is 0 Å². The van der Waals surface area contributed by atoms with E-state index in [1.54, 1.807) is 12.1 Å². The highest BCUT2D eigenvalue weighted by Crippen LogP contribution is 2.20. The molecule has 0 aliphatic rings. The molecule has 2 atom stereocenters. The number of carbonyl (C=O) groups excluding carboxylic acids is 1. The van der Waals surface area contributed by atoms with Crippen molar-refractivity contribution in [1.82, 2.24) is 0 Å². The van der Waals surface area contributed by atoms with E-state index >= 15 is 0 Å². The first-order chi connectivity index (χ1) is 16.8.